The zero-order valence-electron chi connectivity index (χ0n) is 9.73. The smallest absolute Gasteiger partial charge is 0.176 e. The molecule has 90 valence electrons. The Hall–Kier alpha value is -0.520. The fourth-order valence-corrected chi connectivity index (χ4v) is 3.50. The molecule has 0 heterocycles. The van der Waals surface area contributed by atoms with Crippen LogP contribution < -0.4 is 5.73 Å². The Morgan fingerprint density at radius 3 is 2.50 bits per heavy atom. The van der Waals surface area contributed by atoms with Crippen LogP contribution in [-0.2, 0) is 16.3 Å². The van der Waals surface area contributed by atoms with Gasteiger partial charge in [-0.05, 0) is 37.3 Å². The fourth-order valence-electron chi connectivity index (χ4n) is 1.52. The summed E-state index contributed by atoms with van der Waals surface area (Å²) in [7, 11) is -3.14. The Bertz CT molecular complexity index is 467. The van der Waals surface area contributed by atoms with Crippen LogP contribution in [0.2, 0.25) is 0 Å². The van der Waals surface area contributed by atoms with E-state index in [0.717, 1.165) is 16.9 Å². The first-order valence-electron chi connectivity index (χ1n) is 4.97. The fraction of sp³-hybridized carbons (Fsp3) is 0.455. The second kappa shape index (κ2) is 5.21. The summed E-state index contributed by atoms with van der Waals surface area (Å²) in [5.41, 5.74) is 6.79. The molecule has 0 aliphatic rings. The Morgan fingerprint density at radius 2 is 2.06 bits per heavy atom. The van der Waals surface area contributed by atoms with Crippen LogP contribution in [0.15, 0.2) is 28.0 Å². The van der Waals surface area contributed by atoms with E-state index in [-0.39, 0.29) is 6.04 Å². The lowest BCUT2D eigenvalue weighted by atomic mass is 10.1. The Balaban J connectivity index is 3.17. The quantitative estimate of drug-likeness (QED) is 0.836. The third kappa shape index (κ3) is 3.50. The zero-order chi connectivity index (χ0) is 12.3. The molecule has 0 saturated carbocycles. The summed E-state index contributed by atoms with van der Waals surface area (Å²) in [5.74, 6) is 0. The lowest BCUT2D eigenvalue weighted by molar-refractivity contribution is 0.600. The van der Waals surface area contributed by atoms with E-state index < -0.39 is 9.84 Å². The average Bonchev–Trinajstić information content (AvgIpc) is 2.14. The summed E-state index contributed by atoms with van der Waals surface area (Å²) < 4.78 is 23.0. The van der Waals surface area contributed by atoms with Crippen LogP contribution in [0.1, 0.15) is 12.5 Å². The van der Waals surface area contributed by atoms with Crippen molar-refractivity contribution >= 4 is 21.6 Å². The molecule has 0 bridgehead atoms. The molecule has 0 aliphatic heterocycles. The first-order valence-corrected chi connectivity index (χ1v) is 8.08. The molecule has 0 spiro atoms. The highest BCUT2D eigenvalue weighted by molar-refractivity contribution is 7.99. The summed E-state index contributed by atoms with van der Waals surface area (Å²) in [6, 6.07) is 5.49. The molecule has 1 unspecified atom stereocenters. The van der Waals surface area contributed by atoms with Crippen molar-refractivity contribution < 1.29 is 8.42 Å². The van der Waals surface area contributed by atoms with Crippen molar-refractivity contribution in [2.24, 2.45) is 5.73 Å². The van der Waals surface area contributed by atoms with Crippen LogP contribution in [0.3, 0.4) is 0 Å². The first kappa shape index (κ1) is 13.5. The molecule has 0 saturated heterocycles. The lowest BCUT2D eigenvalue weighted by Crippen LogP contribution is -2.17. The molecule has 1 rings (SSSR count). The molecule has 0 fully saturated rings. The molecule has 16 heavy (non-hydrogen) atoms. The number of rotatable bonds is 4. The van der Waals surface area contributed by atoms with Crippen molar-refractivity contribution in [1.82, 2.24) is 0 Å². The van der Waals surface area contributed by atoms with E-state index >= 15 is 0 Å². The van der Waals surface area contributed by atoms with Crippen LogP contribution in [0.5, 0.6) is 0 Å². The Labute approximate surface area is 101 Å². The second-order valence-electron chi connectivity index (χ2n) is 3.94. The van der Waals surface area contributed by atoms with Gasteiger partial charge in [0.2, 0.25) is 0 Å². The van der Waals surface area contributed by atoms with Crippen molar-refractivity contribution in [2.45, 2.75) is 29.2 Å². The highest BCUT2D eigenvalue weighted by Crippen LogP contribution is 2.26. The molecule has 0 aromatic heterocycles. The van der Waals surface area contributed by atoms with Crippen molar-refractivity contribution in [1.29, 1.82) is 0 Å². The van der Waals surface area contributed by atoms with Gasteiger partial charge in [0, 0.05) is 17.2 Å². The third-order valence-electron chi connectivity index (χ3n) is 2.19. The topological polar surface area (TPSA) is 60.2 Å². The van der Waals surface area contributed by atoms with Gasteiger partial charge in [0.1, 0.15) is 0 Å². The van der Waals surface area contributed by atoms with Crippen LogP contribution in [0, 0.1) is 0 Å². The van der Waals surface area contributed by atoms with Gasteiger partial charge in [0.25, 0.3) is 0 Å². The van der Waals surface area contributed by atoms with Crippen molar-refractivity contribution in [3.05, 3.63) is 23.8 Å². The van der Waals surface area contributed by atoms with Crippen LogP contribution in [0.4, 0.5) is 0 Å². The summed E-state index contributed by atoms with van der Waals surface area (Å²) >= 11 is 1.44. The number of hydrogen-bond acceptors (Lipinski definition) is 4. The highest BCUT2D eigenvalue weighted by atomic mass is 32.2. The van der Waals surface area contributed by atoms with Crippen LogP contribution in [0.25, 0.3) is 0 Å². The van der Waals surface area contributed by atoms with Gasteiger partial charge >= 0.3 is 0 Å². The van der Waals surface area contributed by atoms with Crippen molar-refractivity contribution in [3.8, 4) is 0 Å². The Morgan fingerprint density at radius 1 is 1.44 bits per heavy atom. The predicted octanol–water partition coefficient (Wildman–Crippen LogP) is 1.70. The van der Waals surface area contributed by atoms with E-state index in [1.165, 1.54) is 18.0 Å². The van der Waals surface area contributed by atoms with Crippen LogP contribution in [-0.4, -0.2) is 27.0 Å². The van der Waals surface area contributed by atoms with Crippen LogP contribution >= 0.6 is 11.8 Å². The maximum atomic E-state index is 11.5. The molecule has 1 aromatic carbocycles. The molecule has 5 heteroatoms. The van der Waals surface area contributed by atoms with E-state index in [1.807, 2.05) is 25.3 Å². The van der Waals surface area contributed by atoms with E-state index in [0.29, 0.717) is 4.90 Å². The maximum Gasteiger partial charge on any atom is 0.176 e. The number of nitrogens with two attached hydrogens (primary N) is 1. The summed E-state index contributed by atoms with van der Waals surface area (Å²) in [6.07, 6.45) is 3.87. The molecular weight excluding hydrogens is 242 g/mol. The number of sulfone groups is 1. The lowest BCUT2D eigenvalue weighted by Gasteiger charge is -2.10. The molecule has 0 amide bonds. The highest BCUT2D eigenvalue weighted by Gasteiger charge is 2.13. The van der Waals surface area contributed by atoms with E-state index in [1.54, 1.807) is 6.07 Å². The summed E-state index contributed by atoms with van der Waals surface area (Å²) in [5, 5.41) is 0. The minimum atomic E-state index is -3.14. The van der Waals surface area contributed by atoms with E-state index in [4.69, 9.17) is 5.73 Å². The standard InChI is InChI=1S/C11H17NO2S2/c1-8(12)6-9-4-5-11(16(3,13)14)10(7-9)15-2/h4-5,7-8H,6,12H2,1-3H3. The first-order chi connectivity index (χ1) is 7.34. The minimum absolute atomic E-state index is 0.0822. The third-order valence-corrected chi connectivity index (χ3v) is 4.25. The number of benzene rings is 1. The monoisotopic (exact) mass is 259 g/mol. The second-order valence-corrected chi connectivity index (χ2v) is 6.77. The largest absolute Gasteiger partial charge is 0.328 e. The Kier molecular flexibility index (Phi) is 4.41. The molecule has 1 atom stereocenters. The molecular formula is C11H17NO2S2. The van der Waals surface area contributed by atoms with Gasteiger partial charge in [-0.2, -0.15) is 0 Å². The van der Waals surface area contributed by atoms with Crippen molar-refractivity contribution in [2.75, 3.05) is 12.5 Å². The normalized spacial score (nSPS) is 13.8. The number of hydrogen-bond donors (Lipinski definition) is 1. The molecule has 1 aromatic rings. The summed E-state index contributed by atoms with van der Waals surface area (Å²) in [4.78, 5) is 1.19. The molecule has 0 aliphatic carbocycles. The van der Waals surface area contributed by atoms with Gasteiger partial charge in [-0.25, -0.2) is 8.42 Å². The van der Waals surface area contributed by atoms with Crippen molar-refractivity contribution in [3.63, 3.8) is 0 Å². The number of thioether (sulfide) groups is 1. The van der Waals surface area contributed by atoms with Gasteiger partial charge in [0.15, 0.2) is 9.84 Å². The predicted molar refractivity (Wildman–Crippen MR) is 68.7 cm³/mol. The van der Waals surface area contributed by atoms with Gasteiger partial charge in [-0.3, -0.25) is 0 Å². The van der Waals surface area contributed by atoms with Gasteiger partial charge in [0.05, 0.1) is 4.90 Å². The molecule has 3 nitrogen and oxygen atoms in total. The average molecular weight is 259 g/mol. The van der Waals surface area contributed by atoms with Gasteiger partial charge in [-0.1, -0.05) is 6.07 Å². The molecule has 2 N–H and O–H groups in total. The maximum absolute atomic E-state index is 11.5. The van der Waals surface area contributed by atoms with Gasteiger partial charge in [-0.15, -0.1) is 11.8 Å². The minimum Gasteiger partial charge on any atom is -0.328 e. The van der Waals surface area contributed by atoms with E-state index in [2.05, 4.69) is 0 Å². The zero-order valence-corrected chi connectivity index (χ0v) is 11.4. The van der Waals surface area contributed by atoms with Gasteiger partial charge < -0.3 is 5.73 Å². The van der Waals surface area contributed by atoms with E-state index in [9.17, 15) is 8.42 Å². The molecule has 0 radical (unpaired) electrons. The SMILES string of the molecule is CSc1cc(CC(C)N)ccc1S(C)(=O)=O. The summed E-state index contributed by atoms with van der Waals surface area (Å²) in [6.45, 7) is 1.93.